The van der Waals surface area contributed by atoms with Gasteiger partial charge in [-0.2, -0.15) is 0 Å². The summed E-state index contributed by atoms with van der Waals surface area (Å²) in [6, 6.07) is 5.13. The molecule has 3 rings (SSSR count). The van der Waals surface area contributed by atoms with E-state index >= 15 is 0 Å². The zero-order valence-corrected chi connectivity index (χ0v) is 13.3. The number of fused-ring (bicyclic) bond motifs is 1. The molecule has 2 aliphatic rings. The zero-order chi connectivity index (χ0) is 17.3. The predicted molar refractivity (Wildman–Crippen MR) is 83.4 cm³/mol. The second kappa shape index (κ2) is 6.48. The summed E-state index contributed by atoms with van der Waals surface area (Å²) < 4.78 is 5.07. The Morgan fingerprint density at radius 3 is 2.62 bits per heavy atom. The number of nitrogens with one attached hydrogen (secondary N) is 1. The van der Waals surface area contributed by atoms with E-state index in [2.05, 4.69) is 5.32 Å². The van der Waals surface area contributed by atoms with E-state index in [1.807, 2.05) is 0 Å². The summed E-state index contributed by atoms with van der Waals surface area (Å²) in [6.07, 6.45) is 0. The number of benzene rings is 1. The number of methoxy groups -OCH3 is 1. The number of hydrogen-bond acceptors (Lipinski definition) is 5. The number of aliphatic hydroxyl groups is 1. The van der Waals surface area contributed by atoms with Crippen LogP contribution < -0.4 is 10.1 Å². The molecule has 0 aromatic heterocycles. The van der Waals surface area contributed by atoms with Gasteiger partial charge in [0.2, 0.25) is 11.8 Å². The average Bonchev–Trinajstić information content (AvgIpc) is 2.63. The third-order valence-corrected chi connectivity index (χ3v) is 4.39. The molecule has 2 saturated heterocycles. The molecule has 0 spiro atoms. The maximum Gasteiger partial charge on any atom is 0.254 e. The van der Waals surface area contributed by atoms with Crippen molar-refractivity contribution < 1.29 is 24.2 Å². The molecule has 2 aliphatic heterocycles. The normalized spacial score (nSPS) is 23.6. The van der Waals surface area contributed by atoms with Crippen LogP contribution in [0, 0.1) is 0 Å². The van der Waals surface area contributed by atoms with Gasteiger partial charge in [-0.3, -0.25) is 14.4 Å². The van der Waals surface area contributed by atoms with E-state index in [1.165, 1.54) is 4.90 Å². The number of piperazine rings is 2. The Kier molecular flexibility index (Phi) is 4.39. The number of nitrogens with zero attached hydrogens (tertiary/aromatic N) is 2. The Labute approximate surface area is 139 Å². The van der Waals surface area contributed by atoms with Crippen LogP contribution in [0.1, 0.15) is 10.4 Å². The van der Waals surface area contributed by atoms with Gasteiger partial charge in [-0.15, -0.1) is 0 Å². The van der Waals surface area contributed by atoms with E-state index in [-0.39, 0.29) is 30.8 Å². The number of ether oxygens (including phenoxy) is 1. The lowest BCUT2D eigenvalue weighted by atomic mass is 10.0. The summed E-state index contributed by atoms with van der Waals surface area (Å²) >= 11 is 0. The Bertz CT molecular complexity index is 660. The van der Waals surface area contributed by atoms with Gasteiger partial charge in [0.05, 0.1) is 20.3 Å². The van der Waals surface area contributed by atoms with Gasteiger partial charge in [0.15, 0.2) is 0 Å². The van der Waals surface area contributed by atoms with Crippen LogP contribution in [0.15, 0.2) is 24.3 Å². The van der Waals surface area contributed by atoms with Crippen molar-refractivity contribution in [2.24, 2.45) is 0 Å². The van der Waals surface area contributed by atoms with E-state index in [4.69, 9.17) is 9.84 Å². The molecule has 2 fully saturated rings. The number of hydrogen-bond donors (Lipinski definition) is 2. The summed E-state index contributed by atoms with van der Waals surface area (Å²) in [5.74, 6) is -0.190. The minimum atomic E-state index is -0.891. The molecule has 1 aromatic carbocycles. The molecule has 24 heavy (non-hydrogen) atoms. The van der Waals surface area contributed by atoms with Crippen molar-refractivity contribution in [1.29, 1.82) is 0 Å². The quantitative estimate of drug-likeness (QED) is 0.727. The van der Waals surface area contributed by atoms with Crippen LogP contribution in [-0.4, -0.2) is 78.1 Å². The molecule has 0 unspecified atom stereocenters. The Morgan fingerprint density at radius 2 is 2.00 bits per heavy atom. The van der Waals surface area contributed by atoms with Crippen molar-refractivity contribution in [3.63, 3.8) is 0 Å². The van der Waals surface area contributed by atoms with E-state index in [9.17, 15) is 14.4 Å². The van der Waals surface area contributed by atoms with Crippen LogP contribution in [0.4, 0.5) is 0 Å². The highest BCUT2D eigenvalue weighted by Gasteiger charge is 2.44. The largest absolute Gasteiger partial charge is 0.497 e. The summed E-state index contributed by atoms with van der Waals surface area (Å²) in [5, 5.41) is 11.7. The van der Waals surface area contributed by atoms with Crippen molar-refractivity contribution in [2.45, 2.75) is 12.1 Å². The number of carbonyl (C=O) groups excluding carboxylic acids is 3. The van der Waals surface area contributed by atoms with Crippen LogP contribution >= 0.6 is 0 Å². The van der Waals surface area contributed by atoms with Crippen molar-refractivity contribution in [2.75, 3.05) is 33.4 Å². The molecule has 0 bridgehead atoms. The molecule has 3 amide bonds. The van der Waals surface area contributed by atoms with Crippen LogP contribution in [0.5, 0.6) is 5.75 Å². The third-order valence-electron chi connectivity index (χ3n) is 4.39. The molecule has 0 radical (unpaired) electrons. The van der Waals surface area contributed by atoms with Gasteiger partial charge in [0.1, 0.15) is 17.8 Å². The highest BCUT2D eigenvalue weighted by atomic mass is 16.5. The van der Waals surface area contributed by atoms with Gasteiger partial charge in [-0.25, -0.2) is 0 Å². The van der Waals surface area contributed by atoms with Crippen LogP contribution in [-0.2, 0) is 9.59 Å². The first kappa shape index (κ1) is 16.3. The van der Waals surface area contributed by atoms with Crippen molar-refractivity contribution in [1.82, 2.24) is 15.1 Å². The lowest BCUT2D eigenvalue weighted by Crippen LogP contribution is -2.70. The molecule has 1 aromatic rings. The molecule has 2 N–H and O–H groups in total. The van der Waals surface area contributed by atoms with Gasteiger partial charge >= 0.3 is 0 Å². The molecule has 128 valence electrons. The number of carbonyl (C=O) groups is 3. The molecule has 0 saturated carbocycles. The lowest BCUT2D eigenvalue weighted by Gasteiger charge is -2.44. The van der Waals surface area contributed by atoms with Crippen molar-refractivity contribution in [3.05, 3.63) is 29.8 Å². The summed E-state index contributed by atoms with van der Waals surface area (Å²) in [6.45, 7) is 0.330. The standard InChI is InChI=1S/C16H19N3O5/c1-24-11-4-2-10(3-5-11)15(22)18-6-7-19-13(8-18)14(21)17-12(9-20)16(19)23/h2-5,12-13,20H,6-9H2,1H3,(H,17,21)/t12-,13-/m1/s1. The zero-order valence-electron chi connectivity index (χ0n) is 13.3. The van der Waals surface area contributed by atoms with Crippen molar-refractivity contribution in [3.8, 4) is 5.75 Å². The maximum absolute atomic E-state index is 12.6. The Hall–Kier alpha value is -2.61. The first-order valence-corrected chi connectivity index (χ1v) is 7.70. The van der Waals surface area contributed by atoms with Crippen molar-refractivity contribution >= 4 is 17.7 Å². The first-order chi connectivity index (χ1) is 11.5. The van der Waals surface area contributed by atoms with Gasteiger partial charge in [-0.05, 0) is 24.3 Å². The highest BCUT2D eigenvalue weighted by Crippen LogP contribution is 2.19. The summed E-state index contributed by atoms with van der Waals surface area (Å²) in [5.41, 5.74) is 0.500. The second-order valence-electron chi connectivity index (χ2n) is 5.77. The molecule has 8 heteroatoms. The minimum absolute atomic E-state index is 0.139. The molecular weight excluding hydrogens is 314 g/mol. The number of rotatable bonds is 3. The van der Waals surface area contributed by atoms with E-state index < -0.39 is 18.7 Å². The van der Waals surface area contributed by atoms with Gasteiger partial charge in [-0.1, -0.05) is 0 Å². The number of amides is 3. The average molecular weight is 333 g/mol. The molecule has 8 nitrogen and oxygen atoms in total. The maximum atomic E-state index is 12.6. The second-order valence-corrected chi connectivity index (χ2v) is 5.77. The molecular formula is C16H19N3O5. The summed E-state index contributed by atoms with van der Waals surface area (Å²) in [4.78, 5) is 39.9. The topological polar surface area (TPSA) is 99.2 Å². The smallest absolute Gasteiger partial charge is 0.254 e. The third kappa shape index (κ3) is 2.80. The van der Waals surface area contributed by atoms with Gasteiger partial charge < -0.3 is 25.0 Å². The minimum Gasteiger partial charge on any atom is -0.497 e. The van der Waals surface area contributed by atoms with Crippen LogP contribution in [0.25, 0.3) is 0 Å². The monoisotopic (exact) mass is 333 g/mol. The Balaban J connectivity index is 1.73. The Morgan fingerprint density at radius 1 is 1.29 bits per heavy atom. The van der Waals surface area contributed by atoms with Gasteiger partial charge in [0, 0.05) is 18.7 Å². The SMILES string of the molecule is COc1ccc(C(=O)N2CCN3C(=O)[C@@H](CO)NC(=O)[C@H]3C2)cc1. The summed E-state index contributed by atoms with van der Waals surface area (Å²) in [7, 11) is 1.55. The van der Waals surface area contributed by atoms with E-state index in [0.29, 0.717) is 17.9 Å². The van der Waals surface area contributed by atoms with Gasteiger partial charge in [0.25, 0.3) is 5.91 Å². The highest BCUT2D eigenvalue weighted by molar-refractivity contribution is 5.99. The first-order valence-electron chi connectivity index (χ1n) is 7.70. The van der Waals surface area contributed by atoms with Crippen LogP contribution in [0.3, 0.4) is 0 Å². The molecule has 0 aliphatic carbocycles. The predicted octanol–water partition coefficient (Wildman–Crippen LogP) is -1.16. The fourth-order valence-electron chi connectivity index (χ4n) is 3.03. The fourth-order valence-corrected chi connectivity index (χ4v) is 3.03. The van der Waals surface area contributed by atoms with Crippen LogP contribution in [0.2, 0.25) is 0 Å². The molecule has 2 heterocycles. The lowest BCUT2D eigenvalue weighted by molar-refractivity contribution is -0.153. The fraction of sp³-hybridized carbons (Fsp3) is 0.438. The van der Waals surface area contributed by atoms with E-state index in [0.717, 1.165) is 0 Å². The van der Waals surface area contributed by atoms with E-state index in [1.54, 1.807) is 36.3 Å². The molecule has 2 atom stereocenters. The number of aliphatic hydroxyl groups excluding tert-OH is 1.